The zero-order valence-electron chi connectivity index (χ0n) is 23.0. The highest BCUT2D eigenvalue weighted by molar-refractivity contribution is 7.81. The molecule has 2 aliphatic heterocycles. The molecule has 230 valence electrons. The van der Waals surface area contributed by atoms with Crippen LogP contribution >= 0.6 is 12.6 Å². The van der Waals surface area contributed by atoms with E-state index in [0.717, 1.165) is 0 Å². The second kappa shape index (κ2) is 14.2. The molecule has 15 nitrogen and oxygen atoms in total. The molecule has 2 fully saturated rings. The summed E-state index contributed by atoms with van der Waals surface area (Å²) in [6.07, 6.45) is -2.30. The molecule has 1 unspecified atom stereocenters. The number of nitrogens with zero attached hydrogens (tertiary/aromatic N) is 5. The normalized spacial score (nSPS) is 19.1. The van der Waals surface area contributed by atoms with Gasteiger partial charge in [-0.1, -0.05) is 0 Å². The lowest BCUT2D eigenvalue weighted by Gasteiger charge is -2.35. The quantitative estimate of drug-likeness (QED) is 0.241. The highest BCUT2D eigenvalue weighted by atomic mass is 32.1. The number of aliphatic hydroxyl groups excluding tert-OH is 1. The first-order valence-corrected chi connectivity index (χ1v) is 14.0. The second-order valence-corrected chi connectivity index (χ2v) is 10.9. The van der Waals surface area contributed by atoms with E-state index in [1.165, 1.54) is 63.2 Å². The van der Waals surface area contributed by atoms with Crippen molar-refractivity contribution in [2.45, 2.75) is 43.5 Å². The number of nitro groups is 2. The average Bonchev–Trinajstić information content (AvgIpc) is 3.41. The van der Waals surface area contributed by atoms with Crippen LogP contribution in [-0.4, -0.2) is 97.9 Å². The fraction of sp³-hybridized carbons (Fsp3) is 0.444. The number of piperazine rings is 1. The van der Waals surface area contributed by atoms with Gasteiger partial charge in [0.15, 0.2) is 0 Å². The van der Waals surface area contributed by atoms with Crippen molar-refractivity contribution in [1.82, 2.24) is 14.7 Å². The fourth-order valence-corrected chi connectivity index (χ4v) is 5.28. The SMILES string of the molecule is O=C(CC(O)[C@@H]1C[C@H](S)CN1C(=O)OCc1ccc([N+](=O)[O-])cc1)N1CCN(C(=O)OCc2ccc([N+](=O)[O-])cc2)CC1. The van der Waals surface area contributed by atoms with Gasteiger partial charge in [-0.05, 0) is 41.8 Å². The van der Waals surface area contributed by atoms with Crippen molar-refractivity contribution in [2.75, 3.05) is 32.7 Å². The number of carbonyl (C=O) groups excluding carboxylic acids is 3. The molecular formula is C27H31N5O10S. The maximum absolute atomic E-state index is 13.0. The number of rotatable bonds is 9. The van der Waals surface area contributed by atoms with Crippen LogP contribution in [0.3, 0.4) is 0 Å². The Morgan fingerprint density at radius 1 is 0.837 bits per heavy atom. The summed E-state index contributed by atoms with van der Waals surface area (Å²) in [5, 5.41) is 32.3. The lowest BCUT2D eigenvalue weighted by Crippen LogP contribution is -2.52. The van der Waals surface area contributed by atoms with E-state index < -0.39 is 34.2 Å². The van der Waals surface area contributed by atoms with Crippen molar-refractivity contribution < 1.29 is 38.8 Å². The molecule has 0 aliphatic carbocycles. The Kier molecular flexibility index (Phi) is 10.4. The first-order chi connectivity index (χ1) is 20.5. The van der Waals surface area contributed by atoms with Crippen LogP contribution in [0.4, 0.5) is 21.0 Å². The molecule has 3 atom stereocenters. The summed E-state index contributed by atoms with van der Waals surface area (Å²) in [5.74, 6) is -0.326. The number of ether oxygens (including phenoxy) is 2. The highest BCUT2D eigenvalue weighted by Gasteiger charge is 2.40. The number of non-ortho nitro benzene ring substituents is 2. The largest absolute Gasteiger partial charge is 0.445 e. The Labute approximate surface area is 251 Å². The molecule has 2 heterocycles. The van der Waals surface area contributed by atoms with Crippen molar-refractivity contribution in [2.24, 2.45) is 0 Å². The van der Waals surface area contributed by atoms with Gasteiger partial charge in [-0.15, -0.1) is 0 Å². The lowest BCUT2D eigenvalue weighted by atomic mass is 10.0. The third kappa shape index (κ3) is 8.32. The number of benzene rings is 2. The van der Waals surface area contributed by atoms with Crippen molar-refractivity contribution in [3.8, 4) is 0 Å². The van der Waals surface area contributed by atoms with Gasteiger partial charge in [0, 0.05) is 62.2 Å². The van der Waals surface area contributed by atoms with Crippen molar-refractivity contribution in [3.05, 3.63) is 79.9 Å². The Balaban J connectivity index is 1.22. The molecule has 3 amide bonds. The molecule has 1 N–H and O–H groups in total. The zero-order chi connectivity index (χ0) is 31.1. The third-order valence-electron chi connectivity index (χ3n) is 7.29. The molecule has 2 saturated heterocycles. The van der Waals surface area contributed by atoms with E-state index in [4.69, 9.17) is 9.47 Å². The van der Waals surface area contributed by atoms with E-state index in [1.54, 1.807) is 0 Å². The molecule has 0 saturated carbocycles. The van der Waals surface area contributed by atoms with Crippen molar-refractivity contribution >= 4 is 42.1 Å². The van der Waals surface area contributed by atoms with Gasteiger partial charge in [0.05, 0.1) is 28.4 Å². The Morgan fingerprint density at radius 3 is 1.79 bits per heavy atom. The number of thiol groups is 1. The number of hydrogen-bond acceptors (Lipinski definition) is 11. The molecule has 43 heavy (non-hydrogen) atoms. The number of amides is 3. The number of hydrogen-bond donors (Lipinski definition) is 2. The summed E-state index contributed by atoms with van der Waals surface area (Å²) in [5.41, 5.74) is 1.01. The van der Waals surface area contributed by atoms with E-state index >= 15 is 0 Å². The van der Waals surface area contributed by atoms with Gasteiger partial charge in [-0.3, -0.25) is 25.0 Å². The predicted molar refractivity (Wildman–Crippen MR) is 153 cm³/mol. The molecule has 0 spiro atoms. The average molecular weight is 618 g/mol. The third-order valence-corrected chi connectivity index (χ3v) is 7.67. The Bertz CT molecular complexity index is 1330. The van der Waals surface area contributed by atoms with Crippen molar-refractivity contribution in [3.63, 3.8) is 0 Å². The molecule has 0 radical (unpaired) electrons. The first kappa shape index (κ1) is 31.5. The summed E-state index contributed by atoms with van der Waals surface area (Å²) < 4.78 is 10.7. The minimum Gasteiger partial charge on any atom is -0.445 e. The maximum Gasteiger partial charge on any atom is 0.410 e. The number of aliphatic hydroxyl groups is 1. The van der Waals surface area contributed by atoms with Crippen LogP contribution in [0.1, 0.15) is 24.0 Å². The van der Waals surface area contributed by atoms with Crippen LogP contribution in [0, 0.1) is 20.2 Å². The van der Waals surface area contributed by atoms with Gasteiger partial charge in [0.25, 0.3) is 11.4 Å². The van der Waals surface area contributed by atoms with Gasteiger partial charge >= 0.3 is 12.2 Å². The van der Waals surface area contributed by atoms with Crippen LogP contribution in [-0.2, 0) is 27.5 Å². The molecule has 16 heteroatoms. The van der Waals surface area contributed by atoms with Gasteiger partial charge < -0.3 is 29.3 Å². The number of likely N-dealkylation sites (tertiary alicyclic amines) is 1. The Morgan fingerprint density at radius 2 is 1.30 bits per heavy atom. The molecule has 0 bridgehead atoms. The monoisotopic (exact) mass is 617 g/mol. The molecule has 2 aliphatic rings. The van der Waals surface area contributed by atoms with Crippen LogP contribution in [0.15, 0.2) is 48.5 Å². The van der Waals surface area contributed by atoms with Gasteiger partial charge in [0.1, 0.15) is 13.2 Å². The highest BCUT2D eigenvalue weighted by Crippen LogP contribution is 2.27. The van der Waals surface area contributed by atoms with Crippen molar-refractivity contribution in [1.29, 1.82) is 0 Å². The molecule has 2 aromatic rings. The van der Waals surface area contributed by atoms with Crippen LogP contribution in [0.5, 0.6) is 0 Å². The van der Waals surface area contributed by atoms with Crippen LogP contribution in [0.2, 0.25) is 0 Å². The zero-order valence-corrected chi connectivity index (χ0v) is 23.9. The van der Waals surface area contributed by atoms with Crippen LogP contribution < -0.4 is 0 Å². The van der Waals surface area contributed by atoms with E-state index in [-0.39, 0.29) is 74.9 Å². The minimum absolute atomic E-state index is 0.0531. The minimum atomic E-state index is -1.17. The lowest BCUT2D eigenvalue weighted by molar-refractivity contribution is -0.385. The van der Waals surface area contributed by atoms with Gasteiger partial charge in [-0.25, -0.2) is 9.59 Å². The standard InChI is InChI=1S/C27H31N5O10S/c33-24(23-13-22(43)15-30(23)27(36)42-17-19-3-7-21(8-4-19)32(39)40)14-25(34)28-9-11-29(12-10-28)26(35)41-16-18-1-5-20(6-2-18)31(37)38/h1-8,22-24,33,43H,9-17H2/t22-,23-,24?/m0/s1. The predicted octanol–water partition coefficient (Wildman–Crippen LogP) is 2.74. The summed E-state index contributed by atoms with van der Waals surface area (Å²) in [4.78, 5) is 63.1. The van der Waals surface area contributed by atoms with E-state index in [2.05, 4.69) is 12.6 Å². The first-order valence-electron chi connectivity index (χ1n) is 13.5. The van der Waals surface area contributed by atoms with Gasteiger partial charge in [-0.2, -0.15) is 12.6 Å². The summed E-state index contributed by atoms with van der Waals surface area (Å²) >= 11 is 4.45. The van der Waals surface area contributed by atoms with E-state index in [1.807, 2.05) is 0 Å². The molecular weight excluding hydrogens is 586 g/mol. The Hall–Kier alpha value is -4.44. The van der Waals surface area contributed by atoms with Crippen LogP contribution in [0.25, 0.3) is 0 Å². The number of nitro benzene ring substituents is 2. The van der Waals surface area contributed by atoms with Gasteiger partial charge in [0.2, 0.25) is 5.91 Å². The second-order valence-electron chi connectivity index (χ2n) is 10.2. The maximum atomic E-state index is 13.0. The summed E-state index contributed by atoms with van der Waals surface area (Å²) in [6.45, 7) is 0.973. The smallest absolute Gasteiger partial charge is 0.410 e. The summed E-state index contributed by atoms with van der Waals surface area (Å²) in [7, 11) is 0. The fourth-order valence-electron chi connectivity index (χ4n) is 4.89. The molecule has 0 aromatic heterocycles. The molecule has 2 aromatic carbocycles. The van der Waals surface area contributed by atoms with E-state index in [9.17, 15) is 39.7 Å². The summed E-state index contributed by atoms with van der Waals surface area (Å²) in [6, 6.07) is 10.6. The van der Waals surface area contributed by atoms with E-state index in [0.29, 0.717) is 17.5 Å². The number of carbonyl (C=O) groups is 3. The molecule has 4 rings (SSSR count). The topological polar surface area (TPSA) is 186 Å².